The first-order valence-corrected chi connectivity index (χ1v) is 15.3. The van der Waals surface area contributed by atoms with Crippen LogP contribution >= 0.6 is 23.1 Å². The van der Waals surface area contributed by atoms with Crippen molar-refractivity contribution in [1.29, 1.82) is 0 Å². The summed E-state index contributed by atoms with van der Waals surface area (Å²) in [5, 5.41) is 2.68. The number of benzene rings is 1. The molecule has 0 bridgehead atoms. The van der Waals surface area contributed by atoms with Gasteiger partial charge < -0.3 is 15.8 Å². The molecule has 0 radical (unpaired) electrons. The fraction of sp³-hybridized carbons (Fsp3) is 0.452. The summed E-state index contributed by atoms with van der Waals surface area (Å²) in [6, 6.07) is 4.41. The molecule has 6 nitrogen and oxygen atoms in total. The van der Waals surface area contributed by atoms with Crippen molar-refractivity contribution < 1.29 is 18.7 Å². The third-order valence-electron chi connectivity index (χ3n) is 6.51. The quantitative estimate of drug-likeness (QED) is 0.166. The van der Waals surface area contributed by atoms with Gasteiger partial charge in [0.15, 0.2) is 0 Å². The standard InChI is InChI=1S/C31H40FN3O3S2/c1-8-9-23(12-10-18(2)39-30(37)38-31(5,6)7)34-17-21(16-33)28-19(3)27(40-20(28)4)15-25-24-14-22(32)11-13-26(24)35-29(25)36/h11,13-18,23H,8-10,12,33H2,1-7H3,(H,35,36)/b21-16?,25-15-,34-17?. The van der Waals surface area contributed by atoms with Gasteiger partial charge in [0.2, 0.25) is 0 Å². The molecule has 3 rings (SSSR count). The number of hydrogen-bond acceptors (Lipinski definition) is 7. The number of carbonyl (C=O) groups is 2. The van der Waals surface area contributed by atoms with Crippen molar-refractivity contribution in [1.82, 2.24) is 0 Å². The van der Waals surface area contributed by atoms with Crippen LogP contribution in [0.5, 0.6) is 0 Å². The summed E-state index contributed by atoms with van der Waals surface area (Å²) in [6.07, 6.45) is 8.86. The number of nitrogens with one attached hydrogen (secondary N) is 1. The zero-order valence-electron chi connectivity index (χ0n) is 24.4. The third kappa shape index (κ3) is 8.30. The highest BCUT2D eigenvalue weighted by Crippen LogP contribution is 2.38. The summed E-state index contributed by atoms with van der Waals surface area (Å²) < 4.78 is 19.3. The Hall–Kier alpha value is -2.91. The molecule has 0 saturated carbocycles. The largest absolute Gasteiger partial charge is 0.452 e. The molecule has 1 aromatic heterocycles. The number of nitrogens with two attached hydrogens (primary N) is 1. The smallest absolute Gasteiger partial charge is 0.368 e. The number of aryl methyl sites for hydroxylation is 1. The number of fused-ring (bicyclic) bond motifs is 1. The molecule has 0 aliphatic carbocycles. The van der Waals surface area contributed by atoms with E-state index in [1.54, 1.807) is 23.6 Å². The average Bonchev–Trinajstić information content (AvgIpc) is 3.31. The number of thioether (sulfide) groups is 1. The van der Waals surface area contributed by atoms with Crippen LogP contribution in [0.2, 0.25) is 0 Å². The van der Waals surface area contributed by atoms with Crippen LogP contribution in [-0.4, -0.2) is 34.3 Å². The number of nitrogens with zero attached hydrogens (tertiary/aromatic N) is 1. The minimum absolute atomic E-state index is 0.107. The van der Waals surface area contributed by atoms with Gasteiger partial charge in [0, 0.05) is 55.8 Å². The molecule has 0 saturated heterocycles. The average molecular weight is 586 g/mol. The van der Waals surface area contributed by atoms with Crippen LogP contribution < -0.4 is 11.1 Å². The third-order valence-corrected chi connectivity index (χ3v) is 8.58. The maximum atomic E-state index is 13.9. The normalized spacial score (nSPS) is 16.4. The molecular weight excluding hydrogens is 545 g/mol. The van der Waals surface area contributed by atoms with Gasteiger partial charge in [0.25, 0.3) is 5.91 Å². The molecule has 1 aromatic carbocycles. The zero-order valence-corrected chi connectivity index (χ0v) is 26.0. The Morgan fingerprint density at radius 3 is 2.62 bits per heavy atom. The van der Waals surface area contributed by atoms with E-state index in [2.05, 4.69) is 12.2 Å². The van der Waals surface area contributed by atoms with Crippen LogP contribution in [0.25, 0.3) is 17.2 Å². The molecule has 2 unspecified atom stereocenters. The summed E-state index contributed by atoms with van der Waals surface area (Å²) in [7, 11) is 0. The van der Waals surface area contributed by atoms with Crippen LogP contribution in [0, 0.1) is 19.7 Å². The molecule has 0 spiro atoms. The van der Waals surface area contributed by atoms with Crippen molar-refractivity contribution in [2.75, 3.05) is 5.32 Å². The van der Waals surface area contributed by atoms with E-state index in [0.717, 1.165) is 52.1 Å². The predicted molar refractivity (Wildman–Crippen MR) is 169 cm³/mol. The van der Waals surface area contributed by atoms with Crippen LogP contribution in [0.15, 0.2) is 29.4 Å². The summed E-state index contributed by atoms with van der Waals surface area (Å²) in [5.74, 6) is -0.629. The SMILES string of the molecule is CCCC(CCC(C)SC(=O)OC(C)(C)C)N=CC(=CN)c1c(C)sc(/C=C2\C(=O)Nc3ccc(F)cc32)c1C. The number of carbonyl (C=O) groups excluding carboxylic acids is 2. The highest BCUT2D eigenvalue weighted by Gasteiger charge is 2.26. The summed E-state index contributed by atoms with van der Waals surface area (Å²) in [4.78, 5) is 31.7. The van der Waals surface area contributed by atoms with Crippen molar-refractivity contribution in [3.05, 3.63) is 56.7 Å². The Morgan fingerprint density at radius 1 is 1.25 bits per heavy atom. The lowest BCUT2D eigenvalue weighted by atomic mass is 10.0. The monoisotopic (exact) mass is 585 g/mol. The zero-order chi connectivity index (χ0) is 29.6. The lowest BCUT2D eigenvalue weighted by Gasteiger charge is -2.21. The van der Waals surface area contributed by atoms with Crippen LogP contribution in [-0.2, 0) is 9.53 Å². The second-order valence-electron chi connectivity index (χ2n) is 11.0. The Labute approximate surface area is 245 Å². The van der Waals surface area contributed by atoms with Crippen LogP contribution in [0.3, 0.4) is 0 Å². The van der Waals surface area contributed by atoms with E-state index >= 15 is 0 Å². The number of anilines is 1. The number of ether oxygens (including phenoxy) is 1. The number of halogens is 1. The molecule has 1 amide bonds. The molecule has 3 N–H and O–H groups in total. The van der Waals surface area contributed by atoms with E-state index in [0.29, 0.717) is 16.8 Å². The van der Waals surface area contributed by atoms with Gasteiger partial charge in [0.05, 0.1) is 5.57 Å². The number of amides is 1. The van der Waals surface area contributed by atoms with Crippen molar-refractivity contribution in [2.24, 2.45) is 10.7 Å². The Bertz CT molecular complexity index is 1340. The van der Waals surface area contributed by atoms with Crippen molar-refractivity contribution in [3.8, 4) is 0 Å². The molecule has 2 heterocycles. The molecule has 216 valence electrons. The fourth-order valence-corrected chi connectivity index (χ4v) is 6.61. The Morgan fingerprint density at radius 2 is 1.98 bits per heavy atom. The van der Waals surface area contributed by atoms with Crippen molar-refractivity contribution >= 4 is 63.4 Å². The van der Waals surface area contributed by atoms with Gasteiger partial charge in [-0.25, -0.2) is 9.18 Å². The number of thiophene rings is 1. The van der Waals surface area contributed by atoms with Crippen LogP contribution in [0.4, 0.5) is 14.9 Å². The summed E-state index contributed by atoms with van der Waals surface area (Å²) in [6.45, 7) is 13.8. The minimum atomic E-state index is -0.496. The van der Waals surface area contributed by atoms with Gasteiger partial charge >= 0.3 is 5.30 Å². The van der Waals surface area contributed by atoms with Crippen LogP contribution in [0.1, 0.15) is 86.7 Å². The molecule has 9 heteroatoms. The number of rotatable bonds is 10. The number of allylic oxidation sites excluding steroid dienone is 1. The van der Waals surface area contributed by atoms with Gasteiger partial charge in [0.1, 0.15) is 11.4 Å². The maximum Gasteiger partial charge on any atom is 0.368 e. The molecule has 0 fully saturated rings. The molecule has 1 aliphatic rings. The van der Waals surface area contributed by atoms with E-state index < -0.39 is 5.60 Å². The van der Waals surface area contributed by atoms with Gasteiger partial charge in [-0.05, 0) is 95.5 Å². The summed E-state index contributed by atoms with van der Waals surface area (Å²) in [5.41, 5.74) is 10.00. The van der Waals surface area contributed by atoms with Gasteiger partial charge in [-0.15, -0.1) is 11.3 Å². The molecule has 2 aromatic rings. The highest BCUT2D eigenvalue weighted by molar-refractivity contribution is 8.13. The minimum Gasteiger partial charge on any atom is -0.452 e. The van der Waals surface area contributed by atoms with E-state index in [9.17, 15) is 14.0 Å². The lowest BCUT2D eigenvalue weighted by molar-refractivity contribution is -0.110. The molecule has 40 heavy (non-hydrogen) atoms. The van der Waals surface area contributed by atoms with Gasteiger partial charge in [-0.3, -0.25) is 9.79 Å². The second-order valence-corrected chi connectivity index (χ2v) is 13.7. The fourth-order valence-electron chi connectivity index (χ4n) is 4.60. The topological polar surface area (TPSA) is 93.8 Å². The highest BCUT2D eigenvalue weighted by atomic mass is 32.2. The van der Waals surface area contributed by atoms with E-state index in [4.69, 9.17) is 15.5 Å². The van der Waals surface area contributed by atoms with E-state index in [-0.39, 0.29) is 28.3 Å². The Kier molecular flexibility index (Phi) is 10.8. The van der Waals surface area contributed by atoms with Gasteiger partial charge in [-0.1, -0.05) is 20.3 Å². The maximum absolute atomic E-state index is 13.9. The van der Waals surface area contributed by atoms with Gasteiger partial charge in [-0.2, -0.15) is 0 Å². The predicted octanol–water partition coefficient (Wildman–Crippen LogP) is 8.37. The first kappa shape index (κ1) is 31.6. The second kappa shape index (κ2) is 13.6. The molecule has 2 atom stereocenters. The number of aliphatic imine (C=N–C) groups is 1. The first-order valence-electron chi connectivity index (χ1n) is 13.6. The summed E-state index contributed by atoms with van der Waals surface area (Å²) >= 11 is 2.80. The van der Waals surface area contributed by atoms with Crippen molar-refractivity contribution in [2.45, 2.75) is 91.0 Å². The lowest BCUT2D eigenvalue weighted by Crippen LogP contribution is -2.22. The molecule has 1 aliphatic heterocycles. The number of hydrogen-bond donors (Lipinski definition) is 2. The van der Waals surface area contributed by atoms with E-state index in [1.165, 1.54) is 23.9 Å². The first-order chi connectivity index (χ1) is 18.8. The Balaban J connectivity index is 1.76. The molecular formula is C31H40FN3O3S2. The van der Waals surface area contributed by atoms with E-state index in [1.807, 2.05) is 53.8 Å². The van der Waals surface area contributed by atoms with Crippen molar-refractivity contribution in [3.63, 3.8) is 0 Å².